The number of halogens is 3. The van der Waals surface area contributed by atoms with Gasteiger partial charge in [0.05, 0.1) is 0 Å². The van der Waals surface area contributed by atoms with Crippen molar-refractivity contribution in [3.8, 4) is 11.5 Å². The number of aromatic nitrogens is 4. The molecule has 2 aliphatic rings. The summed E-state index contributed by atoms with van der Waals surface area (Å²) in [5, 5.41) is 6.63. The van der Waals surface area contributed by atoms with Crippen LogP contribution in [0.2, 0.25) is 0 Å². The van der Waals surface area contributed by atoms with Gasteiger partial charge in [0, 0.05) is 12.1 Å². The Balaban J connectivity index is 1.63. The van der Waals surface area contributed by atoms with E-state index < -0.39 is 11.9 Å². The van der Waals surface area contributed by atoms with Gasteiger partial charge in [-0.05, 0) is 63.5 Å². The molecule has 30 heavy (non-hydrogen) atoms. The highest BCUT2D eigenvalue weighted by Gasteiger charge is 2.33. The summed E-state index contributed by atoms with van der Waals surface area (Å²) in [6, 6.07) is 4.12. The standard InChI is InChI=1S/C21H27F3N6/c1-12(14-6-3-7-14)25-19-28-18(16-10-5-11-17(27-16)21(22,23)24)29-20(30-19)26-13(2)15-8-4-9-15/h5,10-15H,3-4,6-9H2,1-2H3,(H2,25,26,28,29,30). The molecule has 4 rings (SSSR count). The summed E-state index contributed by atoms with van der Waals surface area (Å²) in [4.78, 5) is 17.0. The Morgan fingerprint density at radius 2 is 1.37 bits per heavy atom. The molecule has 162 valence electrons. The number of pyridine rings is 1. The van der Waals surface area contributed by atoms with Gasteiger partial charge in [0.15, 0.2) is 5.82 Å². The predicted molar refractivity (Wildman–Crippen MR) is 109 cm³/mol. The average molecular weight is 420 g/mol. The second kappa shape index (κ2) is 8.35. The lowest BCUT2D eigenvalue weighted by Gasteiger charge is -2.32. The Morgan fingerprint density at radius 1 is 0.833 bits per heavy atom. The molecule has 2 aromatic heterocycles. The quantitative estimate of drug-likeness (QED) is 0.645. The lowest BCUT2D eigenvalue weighted by Crippen LogP contribution is -2.33. The first-order chi connectivity index (χ1) is 14.3. The van der Waals surface area contributed by atoms with Gasteiger partial charge in [-0.15, -0.1) is 0 Å². The van der Waals surface area contributed by atoms with Crippen LogP contribution < -0.4 is 10.6 Å². The number of nitrogens with zero attached hydrogens (tertiary/aromatic N) is 4. The van der Waals surface area contributed by atoms with Crippen molar-refractivity contribution in [2.75, 3.05) is 10.6 Å². The maximum absolute atomic E-state index is 13.1. The van der Waals surface area contributed by atoms with Gasteiger partial charge >= 0.3 is 6.18 Å². The summed E-state index contributed by atoms with van der Waals surface area (Å²) in [7, 11) is 0. The highest BCUT2D eigenvalue weighted by molar-refractivity contribution is 5.54. The second-order valence-electron chi connectivity index (χ2n) is 8.46. The van der Waals surface area contributed by atoms with Crippen LogP contribution in [0.3, 0.4) is 0 Å². The van der Waals surface area contributed by atoms with E-state index in [-0.39, 0.29) is 23.6 Å². The second-order valence-corrected chi connectivity index (χ2v) is 8.46. The van der Waals surface area contributed by atoms with Crippen molar-refractivity contribution in [2.24, 2.45) is 11.8 Å². The third kappa shape index (κ3) is 4.65. The van der Waals surface area contributed by atoms with Crippen molar-refractivity contribution < 1.29 is 13.2 Å². The summed E-state index contributed by atoms with van der Waals surface area (Å²) in [5.41, 5.74) is -0.888. The van der Waals surface area contributed by atoms with Crippen molar-refractivity contribution in [3.05, 3.63) is 23.9 Å². The first-order valence-corrected chi connectivity index (χ1v) is 10.6. The highest BCUT2D eigenvalue weighted by Crippen LogP contribution is 2.33. The molecule has 0 radical (unpaired) electrons. The van der Waals surface area contributed by atoms with E-state index in [4.69, 9.17) is 0 Å². The van der Waals surface area contributed by atoms with Crippen LogP contribution in [0.25, 0.3) is 11.5 Å². The Hall–Kier alpha value is -2.45. The van der Waals surface area contributed by atoms with Gasteiger partial charge in [0.25, 0.3) is 0 Å². The summed E-state index contributed by atoms with van der Waals surface area (Å²) < 4.78 is 39.3. The van der Waals surface area contributed by atoms with Crippen molar-refractivity contribution >= 4 is 11.9 Å². The average Bonchev–Trinajstić information content (AvgIpc) is 2.57. The fourth-order valence-electron chi connectivity index (χ4n) is 3.86. The number of hydrogen-bond donors (Lipinski definition) is 2. The smallest absolute Gasteiger partial charge is 0.351 e. The van der Waals surface area contributed by atoms with Crippen LogP contribution >= 0.6 is 0 Å². The number of anilines is 2. The first-order valence-electron chi connectivity index (χ1n) is 10.6. The van der Waals surface area contributed by atoms with Gasteiger partial charge in [0.1, 0.15) is 11.4 Å². The molecule has 9 heteroatoms. The van der Waals surface area contributed by atoms with E-state index in [1.165, 1.54) is 25.0 Å². The molecule has 0 amide bonds. The third-order valence-electron chi connectivity index (χ3n) is 6.33. The molecule has 6 nitrogen and oxygen atoms in total. The van der Waals surface area contributed by atoms with Crippen LogP contribution in [0.1, 0.15) is 58.1 Å². The number of nitrogens with one attached hydrogen (secondary N) is 2. The number of alkyl halides is 3. The van der Waals surface area contributed by atoms with Gasteiger partial charge < -0.3 is 10.6 Å². The molecule has 2 aliphatic carbocycles. The van der Waals surface area contributed by atoms with Crippen LogP contribution in [0, 0.1) is 11.8 Å². The Kier molecular flexibility index (Phi) is 5.79. The zero-order valence-electron chi connectivity index (χ0n) is 17.2. The van der Waals surface area contributed by atoms with Crippen molar-refractivity contribution in [2.45, 2.75) is 70.6 Å². The molecule has 0 bridgehead atoms. The number of rotatable bonds is 7. The van der Waals surface area contributed by atoms with Gasteiger partial charge in [-0.3, -0.25) is 0 Å². The van der Waals surface area contributed by atoms with E-state index in [9.17, 15) is 13.2 Å². The van der Waals surface area contributed by atoms with Crippen LogP contribution in [0.15, 0.2) is 18.2 Å². The van der Waals surface area contributed by atoms with E-state index in [0.29, 0.717) is 23.7 Å². The largest absolute Gasteiger partial charge is 0.433 e. The van der Waals surface area contributed by atoms with Crippen LogP contribution in [0.4, 0.5) is 25.1 Å². The van der Waals surface area contributed by atoms with Gasteiger partial charge in [-0.2, -0.15) is 28.1 Å². The van der Waals surface area contributed by atoms with Gasteiger partial charge in [-0.1, -0.05) is 18.9 Å². The van der Waals surface area contributed by atoms with Crippen LogP contribution in [0.5, 0.6) is 0 Å². The first kappa shape index (κ1) is 20.8. The Bertz CT molecular complexity index is 839. The minimum Gasteiger partial charge on any atom is -0.351 e. The molecular formula is C21H27F3N6. The summed E-state index contributed by atoms with van der Waals surface area (Å²) in [5.74, 6) is 1.97. The molecule has 2 aromatic rings. The fourth-order valence-corrected chi connectivity index (χ4v) is 3.86. The van der Waals surface area contributed by atoms with Gasteiger partial charge in [0.2, 0.25) is 11.9 Å². The van der Waals surface area contributed by atoms with E-state index in [1.807, 2.05) is 0 Å². The van der Waals surface area contributed by atoms with Gasteiger partial charge in [-0.25, -0.2) is 4.98 Å². The van der Waals surface area contributed by atoms with E-state index >= 15 is 0 Å². The Morgan fingerprint density at radius 3 is 1.80 bits per heavy atom. The molecular weight excluding hydrogens is 393 g/mol. The summed E-state index contributed by atoms with van der Waals surface area (Å²) in [6.07, 6.45) is 2.55. The molecule has 2 fully saturated rings. The molecule has 0 aromatic carbocycles. The maximum Gasteiger partial charge on any atom is 0.433 e. The SMILES string of the molecule is CC(Nc1nc(NC(C)C2CCC2)nc(-c2cccc(C(F)(F)F)n2)n1)C1CCC1. The van der Waals surface area contributed by atoms with Crippen LogP contribution in [-0.4, -0.2) is 32.0 Å². The number of hydrogen-bond acceptors (Lipinski definition) is 6. The normalized spacial score (nSPS) is 19.5. The van der Waals surface area contributed by atoms with E-state index in [0.717, 1.165) is 31.7 Å². The minimum atomic E-state index is -4.53. The van der Waals surface area contributed by atoms with E-state index in [1.54, 1.807) is 0 Å². The Labute approximate surface area is 174 Å². The molecule has 2 saturated carbocycles. The lowest BCUT2D eigenvalue weighted by molar-refractivity contribution is -0.141. The maximum atomic E-state index is 13.1. The topological polar surface area (TPSA) is 75.6 Å². The third-order valence-corrected chi connectivity index (χ3v) is 6.33. The molecule has 0 spiro atoms. The zero-order chi connectivity index (χ0) is 21.3. The van der Waals surface area contributed by atoms with Crippen LogP contribution in [-0.2, 0) is 6.18 Å². The molecule has 2 unspecified atom stereocenters. The molecule has 2 N–H and O–H groups in total. The minimum absolute atomic E-state index is 0.0749. The lowest BCUT2D eigenvalue weighted by atomic mass is 9.80. The molecule has 2 heterocycles. The fraction of sp³-hybridized carbons (Fsp3) is 0.619. The highest BCUT2D eigenvalue weighted by atomic mass is 19.4. The predicted octanol–water partition coefficient (Wildman–Crippen LogP) is 5.15. The summed E-state index contributed by atoms with van der Waals surface area (Å²) >= 11 is 0. The van der Waals surface area contributed by atoms with E-state index in [2.05, 4.69) is 44.4 Å². The zero-order valence-corrected chi connectivity index (χ0v) is 17.2. The monoisotopic (exact) mass is 420 g/mol. The van der Waals surface area contributed by atoms with Crippen molar-refractivity contribution in [1.29, 1.82) is 0 Å². The van der Waals surface area contributed by atoms with Crippen molar-refractivity contribution in [3.63, 3.8) is 0 Å². The molecule has 0 aliphatic heterocycles. The molecule has 0 saturated heterocycles. The van der Waals surface area contributed by atoms with Crippen molar-refractivity contribution in [1.82, 2.24) is 19.9 Å². The summed E-state index contributed by atoms with van der Waals surface area (Å²) in [6.45, 7) is 4.17. The molecule has 2 atom stereocenters.